The number of ether oxygens (including phenoxy) is 1. The molecule has 2 N–H and O–H groups in total. The molecular formula is C48H69FN4O6. The van der Waals surface area contributed by atoms with E-state index in [2.05, 4.69) is 58.5 Å². The Labute approximate surface area is 350 Å². The molecule has 1 aromatic heterocycles. The number of aliphatic hydroxyl groups is 1. The fourth-order valence-electron chi connectivity index (χ4n) is 13.9. The fourth-order valence-corrected chi connectivity index (χ4v) is 13.9. The monoisotopic (exact) mass is 817 g/mol. The molecule has 0 aliphatic heterocycles. The number of carbonyl (C=O) groups is 3. The first-order valence-electron chi connectivity index (χ1n) is 22.2. The summed E-state index contributed by atoms with van der Waals surface area (Å²) in [6, 6.07) is 6.23. The first-order chi connectivity index (χ1) is 27.4. The fraction of sp³-hybridized carbons (Fsp3) is 0.729. The number of rotatable bonds is 11. The van der Waals surface area contributed by atoms with Gasteiger partial charge in [0.1, 0.15) is 18.0 Å². The molecule has 5 aliphatic carbocycles. The number of aliphatic hydroxyl groups excluding tert-OH is 1. The number of benzene rings is 1. The van der Waals surface area contributed by atoms with Crippen LogP contribution in [-0.4, -0.2) is 74.3 Å². The summed E-state index contributed by atoms with van der Waals surface area (Å²) in [5.41, 5.74) is 0.345. The van der Waals surface area contributed by atoms with Crippen LogP contribution in [0.2, 0.25) is 0 Å². The smallest absolute Gasteiger partial charge is 0.309 e. The van der Waals surface area contributed by atoms with Crippen LogP contribution in [0.15, 0.2) is 35.4 Å². The highest BCUT2D eigenvalue weighted by Gasteiger charge is 2.71. The van der Waals surface area contributed by atoms with Gasteiger partial charge in [-0.3, -0.25) is 14.4 Å². The van der Waals surface area contributed by atoms with Crippen molar-refractivity contribution in [3.8, 4) is 11.4 Å². The maximum absolute atomic E-state index is 14.4. The summed E-state index contributed by atoms with van der Waals surface area (Å²) in [6.45, 7) is 20.6. The lowest BCUT2D eigenvalue weighted by Crippen LogP contribution is -2.66. The third-order valence-corrected chi connectivity index (χ3v) is 17.3. The van der Waals surface area contributed by atoms with E-state index in [1.54, 1.807) is 26.0 Å². The van der Waals surface area contributed by atoms with Crippen LogP contribution in [0, 0.1) is 62.0 Å². The average molecular weight is 817 g/mol. The van der Waals surface area contributed by atoms with Crippen molar-refractivity contribution in [3.63, 3.8) is 0 Å². The minimum absolute atomic E-state index is 0.00212. The summed E-state index contributed by atoms with van der Waals surface area (Å²) in [5, 5.41) is 31.9. The van der Waals surface area contributed by atoms with Crippen LogP contribution in [0.3, 0.4) is 0 Å². The third-order valence-electron chi connectivity index (χ3n) is 17.3. The zero-order valence-electron chi connectivity index (χ0n) is 37.5. The van der Waals surface area contributed by atoms with E-state index in [9.17, 15) is 29.0 Å². The lowest BCUT2D eigenvalue weighted by molar-refractivity contribution is -0.235. The molecular weight excluding hydrogens is 748 g/mol. The number of carbonyl (C=O) groups excluding carboxylic acids is 2. The van der Waals surface area contributed by atoms with Crippen molar-refractivity contribution in [2.45, 2.75) is 145 Å². The van der Waals surface area contributed by atoms with Crippen molar-refractivity contribution in [1.29, 1.82) is 0 Å². The summed E-state index contributed by atoms with van der Waals surface area (Å²) < 4.78 is 22.2. The molecule has 11 heteroatoms. The summed E-state index contributed by atoms with van der Waals surface area (Å²) in [7, 11) is 4.00. The maximum Gasteiger partial charge on any atom is 0.309 e. The second-order valence-corrected chi connectivity index (χ2v) is 21.8. The molecule has 0 bridgehead atoms. The summed E-state index contributed by atoms with van der Waals surface area (Å²) >= 11 is 0. The Morgan fingerprint density at radius 3 is 2.25 bits per heavy atom. The second kappa shape index (κ2) is 14.9. The van der Waals surface area contributed by atoms with E-state index in [0.717, 1.165) is 61.7 Å². The number of aromatic nitrogens is 3. The zero-order chi connectivity index (χ0) is 43.2. The van der Waals surface area contributed by atoms with Crippen LogP contribution >= 0.6 is 0 Å². The molecule has 324 valence electrons. The third kappa shape index (κ3) is 6.74. The predicted molar refractivity (Wildman–Crippen MR) is 224 cm³/mol. The maximum atomic E-state index is 14.4. The highest BCUT2D eigenvalue weighted by Crippen LogP contribution is 2.77. The predicted octanol–water partition coefficient (Wildman–Crippen LogP) is 9.07. The van der Waals surface area contributed by atoms with Gasteiger partial charge in [0.2, 0.25) is 0 Å². The molecule has 59 heavy (non-hydrogen) atoms. The number of ketones is 1. The van der Waals surface area contributed by atoms with Crippen molar-refractivity contribution >= 4 is 17.7 Å². The molecule has 10 nitrogen and oxygen atoms in total. The van der Waals surface area contributed by atoms with Crippen molar-refractivity contribution in [2.24, 2.45) is 56.2 Å². The van der Waals surface area contributed by atoms with Gasteiger partial charge < -0.3 is 24.4 Å². The van der Waals surface area contributed by atoms with E-state index < -0.39 is 28.9 Å². The number of halogens is 1. The van der Waals surface area contributed by atoms with Gasteiger partial charge in [0.15, 0.2) is 17.4 Å². The number of hydrogen-bond acceptors (Lipinski definition) is 8. The average Bonchev–Trinajstić information content (AvgIpc) is 3.70. The van der Waals surface area contributed by atoms with Crippen LogP contribution in [-0.2, 0) is 25.7 Å². The Kier molecular flexibility index (Phi) is 11.0. The summed E-state index contributed by atoms with van der Waals surface area (Å²) in [6.07, 6.45) is 5.96. The Balaban J connectivity index is 1.23. The topological polar surface area (TPSA) is 135 Å². The van der Waals surface area contributed by atoms with Crippen molar-refractivity contribution in [1.82, 2.24) is 19.7 Å². The number of allylic oxidation sites excluding steroid dienone is 1. The Bertz CT molecular complexity index is 2020. The molecule has 1 heterocycles. The van der Waals surface area contributed by atoms with Gasteiger partial charge in [-0.1, -0.05) is 48.5 Å². The van der Waals surface area contributed by atoms with Gasteiger partial charge in [-0.05, 0) is 155 Å². The normalized spacial score (nSPS) is 34.6. The number of fused-ring (bicyclic) bond motifs is 7. The van der Waals surface area contributed by atoms with E-state index in [-0.39, 0.29) is 64.0 Å². The molecule has 0 spiro atoms. The minimum atomic E-state index is -1.19. The van der Waals surface area contributed by atoms with E-state index in [1.807, 2.05) is 18.7 Å². The van der Waals surface area contributed by atoms with Gasteiger partial charge in [-0.2, -0.15) is 0 Å². The van der Waals surface area contributed by atoms with Gasteiger partial charge >= 0.3 is 11.9 Å². The number of carboxylic acid groups (broad SMARTS) is 1. The first kappa shape index (κ1) is 43.6. The van der Waals surface area contributed by atoms with E-state index in [0.29, 0.717) is 43.0 Å². The van der Waals surface area contributed by atoms with E-state index in [4.69, 9.17) is 9.84 Å². The summed E-state index contributed by atoms with van der Waals surface area (Å²) in [5.74, 6) is 0.260. The zero-order valence-corrected chi connectivity index (χ0v) is 37.5. The van der Waals surface area contributed by atoms with Gasteiger partial charge in [0.05, 0.1) is 11.8 Å². The first-order valence-corrected chi connectivity index (χ1v) is 22.2. The number of likely N-dealkylation sites (N-methyl/N-ethyl adjacent to an activating group) is 1. The van der Waals surface area contributed by atoms with Gasteiger partial charge in [0, 0.05) is 35.9 Å². The molecule has 0 amide bonds. The Morgan fingerprint density at radius 2 is 1.63 bits per heavy atom. The van der Waals surface area contributed by atoms with E-state index in [1.165, 1.54) is 12.1 Å². The van der Waals surface area contributed by atoms with Gasteiger partial charge in [-0.15, -0.1) is 10.2 Å². The molecule has 1 aromatic carbocycles. The van der Waals surface area contributed by atoms with Crippen LogP contribution in [0.1, 0.15) is 138 Å². The second-order valence-electron chi connectivity index (χ2n) is 21.8. The lowest BCUT2D eigenvalue weighted by atomic mass is 9.33. The molecule has 7 rings (SSSR count). The SMILES string of the molecule is CC(C)C1=C2[C@H]3CC[C@@H]4[C@@]5(C)CC[C@H](OC(=O)CC(C)(C)C(=O)O)C(C)(C)[C@@H]5CC[C@@]4(C)[C@]3(C)CC[C@@]2([C@@H](O)c2nnc(-c3ccc(F)cc3)n2CCN(C)C)CC1=O. The number of aliphatic carboxylic acids is 1. The quantitative estimate of drug-likeness (QED) is 0.213. The molecule has 5 aliphatic rings. The molecule has 9 atom stereocenters. The number of Topliss-reactive ketones (excluding diaryl/α,β-unsaturated/α-hetero) is 1. The minimum Gasteiger partial charge on any atom is -0.481 e. The van der Waals surface area contributed by atoms with Crippen molar-refractivity contribution < 1.29 is 33.7 Å². The van der Waals surface area contributed by atoms with Crippen LogP contribution < -0.4 is 0 Å². The van der Waals surface area contributed by atoms with Crippen molar-refractivity contribution in [3.05, 3.63) is 47.1 Å². The van der Waals surface area contributed by atoms with E-state index >= 15 is 0 Å². The number of esters is 1. The molecule has 4 fully saturated rings. The standard InChI is InChI=1S/C48H69FN4O6/c1-28(2)37-32(54)26-48(39(56)41-51-50-40(53(41)25-24-52(10)11)29-12-14-30(49)15-13-29)23-22-46(8)31(38(37)48)16-17-34-45(7)20-19-35(59-36(55)27-43(3,4)42(57)58)44(5,6)33(45)18-21-47(34,46)9/h12-15,28,31,33-35,39,56H,16-27H2,1-11H3,(H,57,58)/t31-,33+,34-,35+,39+,45+,46-,47-,48-/m1/s1. The van der Waals surface area contributed by atoms with Crippen LogP contribution in [0.25, 0.3) is 11.4 Å². The van der Waals surface area contributed by atoms with Crippen LogP contribution in [0.4, 0.5) is 4.39 Å². The largest absolute Gasteiger partial charge is 0.481 e. The lowest BCUT2D eigenvalue weighted by Gasteiger charge is -2.72. The molecule has 0 saturated heterocycles. The number of nitrogens with zero attached hydrogens (tertiary/aromatic N) is 4. The highest BCUT2D eigenvalue weighted by molar-refractivity contribution is 6.00. The summed E-state index contributed by atoms with van der Waals surface area (Å²) in [4.78, 5) is 41.5. The molecule has 0 unspecified atom stereocenters. The molecule has 0 radical (unpaired) electrons. The molecule has 4 saturated carbocycles. The van der Waals surface area contributed by atoms with Crippen molar-refractivity contribution in [2.75, 3.05) is 20.6 Å². The highest BCUT2D eigenvalue weighted by atomic mass is 19.1. The van der Waals surface area contributed by atoms with Crippen LogP contribution in [0.5, 0.6) is 0 Å². The Morgan fingerprint density at radius 1 is 0.949 bits per heavy atom. The van der Waals surface area contributed by atoms with Gasteiger partial charge in [-0.25, -0.2) is 4.39 Å². The van der Waals surface area contributed by atoms with Gasteiger partial charge in [0.25, 0.3) is 0 Å². The Hall–Kier alpha value is -3.44. The number of hydrogen-bond donors (Lipinski definition) is 2. The molecule has 2 aromatic rings. The number of carboxylic acids is 1.